The number of methoxy groups -OCH3 is 1. The summed E-state index contributed by atoms with van der Waals surface area (Å²) in [5.74, 6) is 2.65. The summed E-state index contributed by atoms with van der Waals surface area (Å²) in [6, 6.07) is 5.38. The molecule has 1 aromatic rings. The van der Waals surface area contributed by atoms with Gasteiger partial charge in [-0.05, 0) is 30.4 Å². The van der Waals surface area contributed by atoms with Crippen LogP contribution in [0, 0.1) is 0 Å². The minimum atomic E-state index is -0.0631. The van der Waals surface area contributed by atoms with Crippen LogP contribution in [0.3, 0.4) is 0 Å². The summed E-state index contributed by atoms with van der Waals surface area (Å²) >= 11 is 1.87. The molecular formula is C12H16N2O2S. The summed E-state index contributed by atoms with van der Waals surface area (Å²) in [4.78, 5) is 11.9. The van der Waals surface area contributed by atoms with E-state index in [9.17, 15) is 4.79 Å². The maximum Gasteiger partial charge on any atom is 0.251 e. The molecule has 1 heterocycles. The lowest BCUT2D eigenvalue weighted by Gasteiger charge is -2.12. The zero-order valence-electron chi connectivity index (χ0n) is 9.73. The first-order chi connectivity index (χ1) is 8.20. The average Bonchev–Trinajstić information content (AvgIpc) is 2.81. The molecule has 0 aliphatic carbocycles. The minimum absolute atomic E-state index is 0.0631. The van der Waals surface area contributed by atoms with Gasteiger partial charge >= 0.3 is 0 Å². The normalized spacial score (nSPS) is 19.0. The third kappa shape index (κ3) is 2.85. The van der Waals surface area contributed by atoms with E-state index in [4.69, 9.17) is 10.5 Å². The molecule has 1 fully saturated rings. The second kappa shape index (κ2) is 5.31. The summed E-state index contributed by atoms with van der Waals surface area (Å²) in [5, 5.41) is 3.00. The van der Waals surface area contributed by atoms with Crippen molar-refractivity contribution in [2.45, 2.75) is 12.5 Å². The maximum absolute atomic E-state index is 11.9. The van der Waals surface area contributed by atoms with Gasteiger partial charge in [-0.1, -0.05) is 0 Å². The quantitative estimate of drug-likeness (QED) is 0.800. The molecule has 0 aromatic heterocycles. The molecule has 1 aliphatic rings. The number of rotatable bonds is 3. The first-order valence-electron chi connectivity index (χ1n) is 5.53. The Labute approximate surface area is 105 Å². The van der Waals surface area contributed by atoms with E-state index in [0.717, 1.165) is 17.9 Å². The Bertz CT molecular complexity index is 417. The molecule has 1 atom stereocenters. The van der Waals surface area contributed by atoms with Crippen LogP contribution in [0.5, 0.6) is 5.75 Å². The number of nitrogens with one attached hydrogen (secondary N) is 1. The van der Waals surface area contributed by atoms with Gasteiger partial charge < -0.3 is 15.8 Å². The largest absolute Gasteiger partial charge is 0.495 e. The molecule has 0 bridgehead atoms. The number of nitrogens with two attached hydrogens (primary N) is 1. The van der Waals surface area contributed by atoms with Crippen molar-refractivity contribution in [3.05, 3.63) is 23.8 Å². The Hall–Kier alpha value is -1.36. The molecule has 17 heavy (non-hydrogen) atoms. The highest BCUT2D eigenvalue weighted by Gasteiger charge is 2.18. The third-order valence-electron chi connectivity index (χ3n) is 2.76. The molecule has 92 valence electrons. The Morgan fingerprint density at radius 3 is 3.00 bits per heavy atom. The fraction of sp³-hybridized carbons (Fsp3) is 0.417. The van der Waals surface area contributed by atoms with Gasteiger partial charge in [0, 0.05) is 17.4 Å². The molecule has 3 N–H and O–H groups in total. The maximum atomic E-state index is 11.9. The van der Waals surface area contributed by atoms with E-state index in [1.165, 1.54) is 0 Å². The number of hydrogen-bond donors (Lipinski definition) is 2. The molecule has 1 amide bonds. The molecule has 5 heteroatoms. The van der Waals surface area contributed by atoms with Gasteiger partial charge in [0.1, 0.15) is 5.75 Å². The number of nitrogen functional groups attached to an aromatic ring is 1. The number of amides is 1. The van der Waals surface area contributed by atoms with Crippen molar-refractivity contribution in [3.8, 4) is 5.75 Å². The number of benzene rings is 1. The molecule has 1 aromatic carbocycles. The van der Waals surface area contributed by atoms with Crippen molar-refractivity contribution in [1.82, 2.24) is 5.32 Å². The van der Waals surface area contributed by atoms with Crippen molar-refractivity contribution in [2.24, 2.45) is 0 Å². The smallest absolute Gasteiger partial charge is 0.251 e. The summed E-state index contributed by atoms with van der Waals surface area (Å²) in [6.45, 7) is 0. The van der Waals surface area contributed by atoms with Crippen LogP contribution in [0.2, 0.25) is 0 Å². The second-order valence-corrected chi connectivity index (χ2v) is 5.14. The Kier molecular flexibility index (Phi) is 3.78. The predicted molar refractivity (Wildman–Crippen MR) is 70.6 cm³/mol. The standard InChI is InChI=1S/C12H16N2O2S/c1-16-11-3-2-8(6-10(11)13)12(15)14-9-4-5-17-7-9/h2-3,6,9H,4-5,7,13H2,1H3,(H,14,15). The fourth-order valence-electron chi connectivity index (χ4n) is 1.79. The fourth-order valence-corrected chi connectivity index (χ4v) is 2.95. The highest BCUT2D eigenvalue weighted by molar-refractivity contribution is 7.99. The average molecular weight is 252 g/mol. The zero-order valence-corrected chi connectivity index (χ0v) is 10.5. The van der Waals surface area contributed by atoms with Gasteiger partial charge in [-0.25, -0.2) is 0 Å². The predicted octanol–water partition coefficient (Wildman–Crippen LogP) is 1.51. The number of carbonyl (C=O) groups excluding carboxylic acids is 1. The highest BCUT2D eigenvalue weighted by Crippen LogP contribution is 2.22. The molecule has 0 saturated carbocycles. The summed E-state index contributed by atoms with van der Waals surface area (Å²) in [6.07, 6.45) is 1.04. The lowest BCUT2D eigenvalue weighted by molar-refractivity contribution is 0.0941. The van der Waals surface area contributed by atoms with Gasteiger partial charge in [-0.15, -0.1) is 0 Å². The Morgan fingerprint density at radius 2 is 2.41 bits per heavy atom. The van der Waals surface area contributed by atoms with Crippen molar-refractivity contribution in [1.29, 1.82) is 0 Å². The van der Waals surface area contributed by atoms with Crippen LogP contribution in [0.25, 0.3) is 0 Å². The summed E-state index contributed by atoms with van der Waals surface area (Å²) in [5.41, 5.74) is 6.84. The molecule has 2 rings (SSSR count). The van der Waals surface area contributed by atoms with E-state index >= 15 is 0 Å². The zero-order chi connectivity index (χ0) is 12.3. The van der Waals surface area contributed by atoms with Gasteiger partial charge in [0.2, 0.25) is 0 Å². The van der Waals surface area contributed by atoms with E-state index in [1.807, 2.05) is 11.8 Å². The third-order valence-corrected chi connectivity index (χ3v) is 3.92. The number of carbonyl (C=O) groups is 1. The molecule has 4 nitrogen and oxygen atoms in total. The molecule has 1 aliphatic heterocycles. The molecule has 0 radical (unpaired) electrons. The second-order valence-electron chi connectivity index (χ2n) is 3.99. The number of thioether (sulfide) groups is 1. The van der Waals surface area contributed by atoms with E-state index in [-0.39, 0.29) is 11.9 Å². The monoisotopic (exact) mass is 252 g/mol. The summed E-state index contributed by atoms with van der Waals surface area (Å²) < 4.78 is 5.05. The van der Waals surface area contributed by atoms with E-state index in [1.54, 1.807) is 25.3 Å². The van der Waals surface area contributed by atoms with Crippen LogP contribution in [-0.4, -0.2) is 30.6 Å². The van der Waals surface area contributed by atoms with Crippen molar-refractivity contribution >= 4 is 23.4 Å². The van der Waals surface area contributed by atoms with Crippen molar-refractivity contribution in [3.63, 3.8) is 0 Å². The first-order valence-corrected chi connectivity index (χ1v) is 6.68. The van der Waals surface area contributed by atoms with Crippen LogP contribution in [-0.2, 0) is 0 Å². The SMILES string of the molecule is COc1ccc(C(=O)NC2CCSC2)cc1N. The van der Waals surface area contributed by atoms with E-state index < -0.39 is 0 Å². The van der Waals surface area contributed by atoms with E-state index in [0.29, 0.717) is 17.0 Å². The molecule has 0 spiro atoms. The van der Waals surface area contributed by atoms with Gasteiger partial charge in [0.25, 0.3) is 5.91 Å². The van der Waals surface area contributed by atoms with Crippen molar-refractivity contribution in [2.75, 3.05) is 24.3 Å². The van der Waals surface area contributed by atoms with Gasteiger partial charge in [-0.2, -0.15) is 11.8 Å². The molecular weight excluding hydrogens is 236 g/mol. The summed E-state index contributed by atoms with van der Waals surface area (Å²) in [7, 11) is 1.56. The lowest BCUT2D eigenvalue weighted by atomic mass is 10.1. The van der Waals surface area contributed by atoms with Crippen LogP contribution in [0.4, 0.5) is 5.69 Å². The van der Waals surface area contributed by atoms with Crippen LogP contribution in [0.1, 0.15) is 16.8 Å². The topological polar surface area (TPSA) is 64.3 Å². The van der Waals surface area contributed by atoms with Crippen LogP contribution in [0.15, 0.2) is 18.2 Å². The van der Waals surface area contributed by atoms with Crippen LogP contribution < -0.4 is 15.8 Å². The number of hydrogen-bond acceptors (Lipinski definition) is 4. The first kappa shape index (κ1) is 12.1. The number of anilines is 1. The molecule has 1 unspecified atom stereocenters. The molecule has 1 saturated heterocycles. The van der Waals surface area contributed by atoms with Gasteiger partial charge in [0.05, 0.1) is 12.8 Å². The lowest BCUT2D eigenvalue weighted by Crippen LogP contribution is -2.34. The van der Waals surface area contributed by atoms with E-state index in [2.05, 4.69) is 5.32 Å². The Morgan fingerprint density at radius 1 is 1.59 bits per heavy atom. The van der Waals surface area contributed by atoms with Gasteiger partial charge in [0.15, 0.2) is 0 Å². The minimum Gasteiger partial charge on any atom is -0.495 e. The Balaban J connectivity index is 2.05. The van der Waals surface area contributed by atoms with Crippen LogP contribution >= 0.6 is 11.8 Å². The number of ether oxygens (including phenoxy) is 1. The highest BCUT2D eigenvalue weighted by atomic mass is 32.2. The van der Waals surface area contributed by atoms with Gasteiger partial charge in [-0.3, -0.25) is 4.79 Å². The van der Waals surface area contributed by atoms with Crippen molar-refractivity contribution < 1.29 is 9.53 Å².